The number of nitrogens with two attached hydrogens (primary N) is 1. The third kappa shape index (κ3) is 4.55. The summed E-state index contributed by atoms with van der Waals surface area (Å²) < 4.78 is 4.83. The summed E-state index contributed by atoms with van der Waals surface area (Å²) in [5.41, 5.74) is 7.71. The molecule has 0 saturated carbocycles. The van der Waals surface area contributed by atoms with Gasteiger partial charge < -0.3 is 20.7 Å². The van der Waals surface area contributed by atoms with E-state index in [4.69, 9.17) is 10.5 Å². The Balaban J connectivity index is 2.58. The number of aryl methyl sites for hydroxylation is 1. The van der Waals surface area contributed by atoms with Crippen molar-refractivity contribution in [2.45, 2.75) is 6.92 Å². The van der Waals surface area contributed by atoms with Crippen molar-refractivity contribution in [3.63, 3.8) is 0 Å². The van der Waals surface area contributed by atoms with Gasteiger partial charge in [-0.2, -0.15) is 0 Å². The average Bonchev–Trinajstić information content (AvgIpc) is 2.41. The summed E-state index contributed by atoms with van der Waals surface area (Å²) in [5.74, 6) is -0.431. The van der Waals surface area contributed by atoms with E-state index >= 15 is 0 Å². The zero-order chi connectivity index (χ0) is 15.1. The minimum atomic E-state index is -0.218. The van der Waals surface area contributed by atoms with E-state index in [0.717, 1.165) is 5.56 Å². The lowest BCUT2D eigenvalue weighted by Gasteiger charge is -2.17. The Morgan fingerprint density at radius 3 is 2.70 bits per heavy atom. The van der Waals surface area contributed by atoms with Crippen LogP contribution in [0.2, 0.25) is 0 Å². The number of benzene rings is 1. The van der Waals surface area contributed by atoms with Crippen LogP contribution >= 0.6 is 0 Å². The molecule has 2 amide bonds. The van der Waals surface area contributed by atoms with Gasteiger partial charge >= 0.3 is 0 Å². The molecular formula is C14H21N3O3. The fourth-order valence-electron chi connectivity index (χ4n) is 1.66. The molecule has 0 aliphatic carbocycles. The number of likely N-dealkylation sites (N-methyl/N-ethyl adjacent to an activating group) is 1. The van der Waals surface area contributed by atoms with Crippen LogP contribution in [0.3, 0.4) is 0 Å². The largest absolute Gasteiger partial charge is 0.399 e. The van der Waals surface area contributed by atoms with E-state index in [1.165, 1.54) is 4.90 Å². The van der Waals surface area contributed by atoms with Crippen LogP contribution in [0.5, 0.6) is 0 Å². The lowest BCUT2D eigenvalue weighted by Crippen LogP contribution is -2.39. The molecule has 0 radical (unpaired) electrons. The lowest BCUT2D eigenvalue weighted by molar-refractivity contribution is -0.121. The number of methoxy groups -OCH3 is 1. The van der Waals surface area contributed by atoms with Crippen molar-refractivity contribution in [1.29, 1.82) is 0 Å². The zero-order valence-electron chi connectivity index (χ0n) is 12.1. The molecule has 110 valence electrons. The van der Waals surface area contributed by atoms with Gasteiger partial charge in [0, 0.05) is 32.0 Å². The minimum absolute atomic E-state index is 0.00592. The summed E-state index contributed by atoms with van der Waals surface area (Å²) in [7, 11) is 3.15. The average molecular weight is 279 g/mol. The first-order chi connectivity index (χ1) is 9.45. The molecule has 1 rings (SSSR count). The molecule has 6 heteroatoms. The fourth-order valence-corrected chi connectivity index (χ4v) is 1.66. The number of nitrogens with zero attached hydrogens (tertiary/aromatic N) is 1. The molecule has 0 atom stereocenters. The Hall–Kier alpha value is -2.08. The first-order valence-electron chi connectivity index (χ1n) is 6.33. The van der Waals surface area contributed by atoms with Crippen LogP contribution in [-0.4, -0.2) is 50.6 Å². The molecule has 0 heterocycles. The van der Waals surface area contributed by atoms with Crippen molar-refractivity contribution < 1.29 is 14.3 Å². The Morgan fingerprint density at radius 1 is 1.40 bits per heavy atom. The van der Waals surface area contributed by atoms with Gasteiger partial charge in [0.05, 0.1) is 13.2 Å². The van der Waals surface area contributed by atoms with Gasteiger partial charge in [-0.1, -0.05) is 0 Å². The van der Waals surface area contributed by atoms with E-state index in [9.17, 15) is 9.59 Å². The summed E-state index contributed by atoms with van der Waals surface area (Å²) >= 11 is 0. The van der Waals surface area contributed by atoms with Crippen LogP contribution in [0.15, 0.2) is 18.2 Å². The molecule has 0 aliphatic rings. The number of hydrogen-bond acceptors (Lipinski definition) is 4. The highest BCUT2D eigenvalue weighted by Gasteiger charge is 2.15. The maximum absolute atomic E-state index is 12.2. The quantitative estimate of drug-likeness (QED) is 0.583. The molecule has 6 nitrogen and oxygen atoms in total. The smallest absolute Gasteiger partial charge is 0.254 e. The van der Waals surface area contributed by atoms with Crippen LogP contribution in [-0.2, 0) is 9.53 Å². The lowest BCUT2D eigenvalue weighted by atomic mass is 10.1. The molecule has 1 aromatic rings. The maximum Gasteiger partial charge on any atom is 0.254 e. The molecular weight excluding hydrogens is 258 g/mol. The van der Waals surface area contributed by atoms with Crippen LogP contribution in [0, 0.1) is 6.92 Å². The van der Waals surface area contributed by atoms with E-state index < -0.39 is 0 Å². The van der Waals surface area contributed by atoms with Crippen molar-refractivity contribution in [2.24, 2.45) is 0 Å². The van der Waals surface area contributed by atoms with Crippen LogP contribution in [0.1, 0.15) is 15.9 Å². The summed E-state index contributed by atoms with van der Waals surface area (Å²) in [6, 6.07) is 5.07. The second kappa shape index (κ2) is 7.49. The van der Waals surface area contributed by atoms with Crippen LogP contribution in [0.4, 0.5) is 5.69 Å². The number of carbonyl (C=O) groups is 2. The molecule has 0 aliphatic heterocycles. The molecule has 20 heavy (non-hydrogen) atoms. The van der Waals surface area contributed by atoms with Gasteiger partial charge in [-0.05, 0) is 30.7 Å². The highest BCUT2D eigenvalue weighted by molar-refractivity contribution is 5.96. The number of carbonyl (C=O) groups excluding carboxylic acids is 2. The topological polar surface area (TPSA) is 84.7 Å². The number of amides is 2. The third-order valence-corrected chi connectivity index (χ3v) is 2.87. The molecule has 0 spiro atoms. The second-order valence-electron chi connectivity index (χ2n) is 4.58. The first-order valence-corrected chi connectivity index (χ1v) is 6.33. The summed E-state index contributed by atoms with van der Waals surface area (Å²) in [5, 5.41) is 2.66. The Morgan fingerprint density at radius 2 is 2.10 bits per heavy atom. The Kier molecular flexibility index (Phi) is 5.99. The van der Waals surface area contributed by atoms with E-state index in [0.29, 0.717) is 24.4 Å². The second-order valence-corrected chi connectivity index (χ2v) is 4.58. The minimum Gasteiger partial charge on any atom is -0.399 e. The van der Waals surface area contributed by atoms with Gasteiger partial charge in [0.2, 0.25) is 5.91 Å². The van der Waals surface area contributed by atoms with Crippen molar-refractivity contribution >= 4 is 17.5 Å². The van der Waals surface area contributed by atoms with Gasteiger partial charge in [-0.25, -0.2) is 0 Å². The normalized spacial score (nSPS) is 10.2. The van der Waals surface area contributed by atoms with Crippen molar-refractivity contribution in [3.8, 4) is 0 Å². The first kappa shape index (κ1) is 16.0. The fraction of sp³-hybridized carbons (Fsp3) is 0.429. The zero-order valence-corrected chi connectivity index (χ0v) is 12.1. The monoisotopic (exact) mass is 279 g/mol. The predicted molar refractivity (Wildman–Crippen MR) is 77.4 cm³/mol. The summed E-state index contributed by atoms with van der Waals surface area (Å²) in [4.78, 5) is 25.1. The number of hydrogen-bond donors (Lipinski definition) is 2. The van der Waals surface area contributed by atoms with E-state index in [1.807, 2.05) is 6.92 Å². The molecule has 3 N–H and O–H groups in total. The molecule has 0 bridgehead atoms. The Labute approximate surface area is 118 Å². The standard InChI is InChI=1S/C14H21N3O3/c1-10-8-11(4-5-12(10)15)14(19)17(2)9-13(18)16-6-7-20-3/h4-5,8H,6-7,9,15H2,1-3H3,(H,16,18). The SMILES string of the molecule is COCCNC(=O)CN(C)C(=O)c1ccc(N)c(C)c1. The van der Waals surface area contributed by atoms with E-state index in [2.05, 4.69) is 5.32 Å². The number of rotatable bonds is 6. The predicted octanol–water partition coefficient (Wildman–Crippen LogP) is 0.412. The van der Waals surface area contributed by atoms with Crippen LogP contribution in [0.25, 0.3) is 0 Å². The third-order valence-electron chi connectivity index (χ3n) is 2.87. The van der Waals surface area contributed by atoms with E-state index in [-0.39, 0.29) is 18.4 Å². The van der Waals surface area contributed by atoms with Gasteiger partial charge in [0.15, 0.2) is 0 Å². The highest BCUT2D eigenvalue weighted by Crippen LogP contribution is 2.13. The van der Waals surface area contributed by atoms with Gasteiger partial charge in [-0.15, -0.1) is 0 Å². The van der Waals surface area contributed by atoms with Gasteiger partial charge in [-0.3, -0.25) is 9.59 Å². The number of nitrogens with one attached hydrogen (secondary N) is 1. The van der Waals surface area contributed by atoms with Crippen molar-refractivity contribution in [3.05, 3.63) is 29.3 Å². The molecule has 0 aromatic heterocycles. The van der Waals surface area contributed by atoms with Gasteiger partial charge in [0.1, 0.15) is 0 Å². The number of nitrogen functional groups attached to an aromatic ring is 1. The summed E-state index contributed by atoms with van der Waals surface area (Å²) in [6.07, 6.45) is 0. The number of ether oxygens (including phenoxy) is 1. The Bertz CT molecular complexity index is 489. The highest BCUT2D eigenvalue weighted by atomic mass is 16.5. The van der Waals surface area contributed by atoms with Gasteiger partial charge in [0.25, 0.3) is 5.91 Å². The maximum atomic E-state index is 12.2. The van der Waals surface area contributed by atoms with Crippen LogP contribution < -0.4 is 11.1 Å². The van der Waals surface area contributed by atoms with E-state index in [1.54, 1.807) is 32.4 Å². The molecule has 0 saturated heterocycles. The summed E-state index contributed by atoms with van der Waals surface area (Å²) in [6.45, 7) is 2.72. The van der Waals surface area contributed by atoms with Crippen molar-refractivity contribution in [2.75, 3.05) is 39.6 Å². The van der Waals surface area contributed by atoms with Crippen molar-refractivity contribution in [1.82, 2.24) is 10.2 Å². The molecule has 0 fully saturated rings. The number of anilines is 1. The molecule has 0 unspecified atom stereocenters. The molecule has 1 aromatic carbocycles.